The van der Waals surface area contributed by atoms with E-state index in [9.17, 15) is 0 Å². The number of hydrogen-bond donors (Lipinski definition) is 2. The highest BCUT2D eigenvalue weighted by molar-refractivity contribution is 7.98. The summed E-state index contributed by atoms with van der Waals surface area (Å²) >= 11 is 7.74. The standard InChI is InChI=1S/C13H14ClN3OS/c1-19-10-4-2-9(3-5-10)18-8-12-11(14)6-7-13(16-12)17-15/h2-7H,8,15H2,1H3,(H,16,17). The van der Waals surface area contributed by atoms with Crippen molar-refractivity contribution in [3.63, 3.8) is 0 Å². The van der Waals surface area contributed by atoms with Crippen molar-refractivity contribution in [3.05, 3.63) is 47.1 Å². The van der Waals surface area contributed by atoms with Crippen LogP contribution in [0.25, 0.3) is 0 Å². The van der Waals surface area contributed by atoms with Gasteiger partial charge in [0.15, 0.2) is 0 Å². The number of hydrazine groups is 1. The Morgan fingerprint density at radius 3 is 2.63 bits per heavy atom. The first kappa shape index (κ1) is 14.0. The molecule has 4 nitrogen and oxygen atoms in total. The zero-order chi connectivity index (χ0) is 13.7. The van der Waals surface area contributed by atoms with E-state index in [1.807, 2.05) is 30.5 Å². The first-order valence-corrected chi connectivity index (χ1v) is 7.22. The van der Waals surface area contributed by atoms with Crippen molar-refractivity contribution in [1.29, 1.82) is 0 Å². The normalized spacial score (nSPS) is 10.3. The van der Waals surface area contributed by atoms with Crippen molar-refractivity contribution >= 4 is 29.2 Å². The fourth-order valence-electron chi connectivity index (χ4n) is 1.49. The maximum Gasteiger partial charge on any atom is 0.140 e. The van der Waals surface area contributed by atoms with E-state index >= 15 is 0 Å². The molecule has 100 valence electrons. The Bertz CT molecular complexity index is 548. The van der Waals surface area contributed by atoms with Gasteiger partial charge in [0.1, 0.15) is 18.2 Å². The van der Waals surface area contributed by atoms with E-state index in [4.69, 9.17) is 22.2 Å². The fourth-order valence-corrected chi connectivity index (χ4v) is 2.06. The topological polar surface area (TPSA) is 60.2 Å². The maximum atomic E-state index is 6.05. The van der Waals surface area contributed by atoms with E-state index in [2.05, 4.69) is 10.4 Å². The van der Waals surface area contributed by atoms with E-state index in [0.717, 1.165) is 5.75 Å². The second kappa shape index (κ2) is 6.65. The van der Waals surface area contributed by atoms with Gasteiger partial charge in [0.2, 0.25) is 0 Å². The second-order valence-corrected chi connectivity index (χ2v) is 5.02. The van der Waals surface area contributed by atoms with Crippen LogP contribution in [0, 0.1) is 0 Å². The number of rotatable bonds is 5. The van der Waals surface area contributed by atoms with Crippen LogP contribution in [0.2, 0.25) is 5.02 Å². The molecule has 6 heteroatoms. The summed E-state index contributed by atoms with van der Waals surface area (Å²) < 4.78 is 5.65. The lowest BCUT2D eigenvalue weighted by Crippen LogP contribution is -2.10. The fraction of sp³-hybridized carbons (Fsp3) is 0.154. The van der Waals surface area contributed by atoms with Crippen LogP contribution in [0.1, 0.15) is 5.69 Å². The molecule has 1 aromatic carbocycles. The Labute approximate surface area is 121 Å². The Morgan fingerprint density at radius 2 is 2.00 bits per heavy atom. The van der Waals surface area contributed by atoms with Crippen molar-refractivity contribution in [1.82, 2.24) is 4.98 Å². The lowest BCUT2D eigenvalue weighted by molar-refractivity contribution is 0.301. The van der Waals surface area contributed by atoms with E-state index in [0.29, 0.717) is 23.1 Å². The molecule has 0 amide bonds. The number of benzene rings is 1. The van der Waals surface area contributed by atoms with Gasteiger partial charge in [0.05, 0.1) is 10.7 Å². The second-order valence-electron chi connectivity index (χ2n) is 3.73. The molecule has 1 aromatic heterocycles. The predicted octanol–water partition coefficient (Wildman–Crippen LogP) is 3.32. The molecule has 0 bridgehead atoms. The third-order valence-corrected chi connectivity index (χ3v) is 3.59. The monoisotopic (exact) mass is 295 g/mol. The lowest BCUT2D eigenvalue weighted by Gasteiger charge is -2.09. The van der Waals surface area contributed by atoms with E-state index < -0.39 is 0 Å². The Morgan fingerprint density at radius 1 is 1.26 bits per heavy atom. The smallest absolute Gasteiger partial charge is 0.140 e. The zero-order valence-corrected chi connectivity index (χ0v) is 12.0. The molecule has 19 heavy (non-hydrogen) atoms. The average molecular weight is 296 g/mol. The van der Waals surface area contributed by atoms with Gasteiger partial charge in [-0.3, -0.25) is 0 Å². The number of anilines is 1. The number of halogens is 1. The molecule has 0 fully saturated rings. The van der Waals surface area contributed by atoms with E-state index in [1.165, 1.54) is 4.90 Å². The van der Waals surface area contributed by atoms with Gasteiger partial charge < -0.3 is 10.2 Å². The molecule has 0 atom stereocenters. The number of aromatic nitrogens is 1. The molecule has 0 radical (unpaired) electrons. The molecular formula is C13H14ClN3OS. The molecule has 0 aliphatic carbocycles. The average Bonchev–Trinajstić information content (AvgIpc) is 2.47. The summed E-state index contributed by atoms with van der Waals surface area (Å²) in [6.07, 6.45) is 2.03. The van der Waals surface area contributed by atoms with Gasteiger partial charge in [0, 0.05) is 4.90 Å². The van der Waals surface area contributed by atoms with Gasteiger partial charge in [-0.2, -0.15) is 0 Å². The summed E-state index contributed by atoms with van der Waals surface area (Å²) in [6.45, 7) is 0.299. The van der Waals surface area contributed by atoms with Gasteiger partial charge in [-0.05, 0) is 42.7 Å². The highest BCUT2D eigenvalue weighted by atomic mass is 35.5. The van der Waals surface area contributed by atoms with Crippen LogP contribution in [0.15, 0.2) is 41.3 Å². The van der Waals surface area contributed by atoms with Crippen molar-refractivity contribution < 1.29 is 4.74 Å². The molecule has 0 spiro atoms. The number of pyridine rings is 1. The molecule has 0 saturated carbocycles. The van der Waals surface area contributed by atoms with Crippen molar-refractivity contribution in [2.45, 2.75) is 11.5 Å². The molecule has 0 saturated heterocycles. The number of nitrogens with two attached hydrogens (primary N) is 1. The molecule has 0 aliphatic heterocycles. The van der Waals surface area contributed by atoms with Crippen molar-refractivity contribution in [2.75, 3.05) is 11.7 Å². The molecule has 2 aromatic rings. The summed E-state index contributed by atoms with van der Waals surface area (Å²) in [4.78, 5) is 5.43. The molecule has 3 N–H and O–H groups in total. The molecule has 1 heterocycles. The Kier molecular flexibility index (Phi) is 4.90. The minimum absolute atomic E-state index is 0.299. The number of ether oxygens (including phenoxy) is 1. The Hall–Kier alpha value is -1.43. The molecular weight excluding hydrogens is 282 g/mol. The lowest BCUT2D eigenvalue weighted by atomic mass is 10.3. The predicted molar refractivity (Wildman–Crippen MR) is 79.6 cm³/mol. The first-order valence-electron chi connectivity index (χ1n) is 5.62. The van der Waals surface area contributed by atoms with Crippen LogP contribution in [0.3, 0.4) is 0 Å². The van der Waals surface area contributed by atoms with Gasteiger partial charge >= 0.3 is 0 Å². The van der Waals surface area contributed by atoms with Crippen LogP contribution in [-0.2, 0) is 6.61 Å². The van der Waals surface area contributed by atoms with Gasteiger partial charge in [-0.25, -0.2) is 10.8 Å². The maximum absolute atomic E-state index is 6.05. The first-order chi connectivity index (χ1) is 9.22. The number of nitrogen functional groups attached to an aromatic ring is 1. The van der Waals surface area contributed by atoms with Gasteiger partial charge in [0.25, 0.3) is 0 Å². The van der Waals surface area contributed by atoms with Crippen molar-refractivity contribution in [2.24, 2.45) is 5.84 Å². The third kappa shape index (κ3) is 3.76. The largest absolute Gasteiger partial charge is 0.487 e. The van der Waals surface area contributed by atoms with Crippen molar-refractivity contribution in [3.8, 4) is 5.75 Å². The zero-order valence-electron chi connectivity index (χ0n) is 10.4. The third-order valence-electron chi connectivity index (χ3n) is 2.50. The van der Waals surface area contributed by atoms with E-state index in [1.54, 1.807) is 23.9 Å². The highest BCUT2D eigenvalue weighted by Gasteiger charge is 2.05. The number of thioether (sulfide) groups is 1. The highest BCUT2D eigenvalue weighted by Crippen LogP contribution is 2.21. The van der Waals surface area contributed by atoms with Crippen LogP contribution in [0.5, 0.6) is 5.75 Å². The van der Waals surface area contributed by atoms with Gasteiger partial charge in [-0.1, -0.05) is 11.6 Å². The Balaban J connectivity index is 2.05. The van der Waals surface area contributed by atoms with Crippen LogP contribution in [0.4, 0.5) is 5.82 Å². The minimum Gasteiger partial charge on any atom is -0.487 e. The summed E-state index contributed by atoms with van der Waals surface area (Å²) in [5.41, 5.74) is 3.12. The van der Waals surface area contributed by atoms with Gasteiger partial charge in [-0.15, -0.1) is 11.8 Å². The quantitative estimate of drug-likeness (QED) is 0.503. The SMILES string of the molecule is CSc1ccc(OCc2nc(NN)ccc2Cl)cc1. The summed E-state index contributed by atoms with van der Waals surface area (Å²) in [6, 6.07) is 11.3. The molecule has 0 unspecified atom stereocenters. The van der Waals surface area contributed by atoms with E-state index in [-0.39, 0.29) is 0 Å². The minimum atomic E-state index is 0.299. The summed E-state index contributed by atoms with van der Waals surface area (Å²) in [5, 5.41) is 0.555. The summed E-state index contributed by atoms with van der Waals surface area (Å²) in [5.74, 6) is 6.64. The van der Waals surface area contributed by atoms with Crippen LogP contribution < -0.4 is 16.0 Å². The summed E-state index contributed by atoms with van der Waals surface area (Å²) in [7, 11) is 0. The van der Waals surface area contributed by atoms with Crippen LogP contribution >= 0.6 is 23.4 Å². The number of hydrogen-bond acceptors (Lipinski definition) is 5. The van der Waals surface area contributed by atoms with Crippen LogP contribution in [-0.4, -0.2) is 11.2 Å². The molecule has 0 aliphatic rings. The number of nitrogens with zero attached hydrogens (tertiary/aromatic N) is 1. The number of nitrogens with one attached hydrogen (secondary N) is 1. The molecule has 2 rings (SSSR count).